The molecule has 3 rings (SSSR count). The van der Waals surface area contributed by atoms with Crippen molar-refractivity contribution in [2.75, 3.05) is 19.8 Å². The van der Waals surface area contributed by atoms with E-state index in [-0.39, 0.29) is 23.9 Å². The lowest BCUT2D eigenvalue weighted by Crippen LogP contribution is -2.67. The highest BCUT2D eigenvalue weighted by Gasteiger charge is 2.63. The minimum Gasteiger partial charge on any atom is -0.465 e. The summed E-state index contributed by atoms with van der Waals surface area (Å²) in [5.41, 5.74) is -1.68. The standard InChI is InChI=1S/C30H35NO13S/c1-7-38-28(36)30(29(37)39-8-2)14-21(20-12-10-9-11-13-20)31(27(30)45)26-25(43-19(6)35)24(42-18(5)34)23(41-17(4)33)22(44-26)15-40-16(3)32/h9-14,22-26H,7-8,15H2,1-6H3/t22-,23-,24+,25-,26-/m1/s1. The Labute approximate surface area is 264 Å². The van der Waals surface area contributed by atoms with Crippen molar-refractivity contribution in [2.45, 2.75) is 72.2 Å². The Morgan fingerprint density at radius 2 is 1.27 bits per heavy atom. The summed E-state index contributed by atoms with van der Waals surface area (Å²) in [6.07, 6.45) is -6.14. The van der Waals surface area contributed by atoms with Gasteiger partial charge in [0.25, 0.3) is 0 Å². The molecule has 0 bridgehead atoms. The molecule has 14 nitrogen and oxygen atoms in total. The van der Waals surface area contributed by atoms with E-state index in [1.165, 1.54) is 11.0 Å². The summed E-state index contributed by atoms with van der Waals surface area (Å²) in [5.74, 6) is -5.25. The largest absolute Gasteiger partial charge is 0.465 e. The molecule has 2 aliphatic rings. The van der Waals surface area contributed by atoms with Crippen LogP contribution in [-0.4, -0.2) is 96.2 Å². The van der Waals surface area contributed by atoms with Gasteiger partial charge in [0.15, 0.2) is 24.5 Å². The number of carbonyl (C=O) groups excluding carboxylic acids is 6. The van der Waals surface area contributed by atoms with Crippen molar-refractivity contribution < 1.29 is 61.9 Å². The number of ether oxygens (including phenoxy) is 7. The van der Waals surface area contributed by atoms with Gasteiger partial charge in [-0.05, 0) is 25.5 Å². The molecular weight excluding hydrogens is 614 g/mol. The zero-order chi connectivity index (χ0) is 33.5. The van der Waals surface area contributed by atoms with Crippen LogP contribution in [0.3, 0.4) is 0 Å². The van der Waals surface area contributed by atoms with Crippen molar-refractivity contribution in [3.8, 4) is 0 Å². The Balaban J connectivity index is 2.32. The van der Waals surface area contributed by atoms with E-state index >= 15 is 0 Å². The van der Waals surface area contributed by atoms with Crippen LogP contribution in [0.1, 0.15) is 47.1 Å². The average Bonchev–Trinajstić information content (AvgIpc) is 3.28. The highest BCUT2D eigenvalue weighted by molar-refractivity contribution is 7.80. The van der Waals surface area contributed by atoms with Crippen LogP contribution in [0.15, 0.2) is 36.4 Å². The van der Waals surface area contributed by atoms with Crippen molar-refractivity contribution in [3.63, 3.8) is 0 Å². The molecule has 0 aliphatic carbocycles. The molecule has 0 amide bonds. The van der Waals surface area contributed by atoms with Crippen molar-refractivity contribution in [1.29, 1.82) is 0 Å². The number of rotatable bonds is 11. The number of hydrogen-bond donors (Lipinski definition) is 0. The van der Waals surface area contributed by atoms with Crippen molar-refractivity contribution in [1.82, 2.24) is 4.90 Å². The minimum absolute atomic E-state index is 0.101. The highest BCUT2D eigenvalue weighted by Crippen LogP contribution is 2.45. The van der Waals surface area contributed by atoms with E-state index < -0.39 is 78.5 Å². The second-order valence-electron chi connectivity index (χ2n) is 9.91. The fourth-order valence-corrected chi connectivity index (χ4v) is 5.43. The maximum absolute atomic E-state index is 13.6. The molecule has 5 atom stereocenters. The third-order valence-electron chi connectivity index (χ3n) is 6.65. The third kappa shape index (κ3) is 7.65. The first-order valence-electron chi connectivity index (χ1n) is 14.0. The molecule has 0 aromatic heterocycles. The van der Waals surface area contributed by atoms with E-state index in [4.69, 9.17) is 45.4 Å². The third-order valence-corrected chi connectivity index (χ3v) is 7.17. The molecule has 2 aliphatic heterocycles. The summed E-state index contributed by atoms with van der Waals surface area (Å²) in [6, 6.07) is 8.46. The molecule has 0 N–H and O–H groups in total. The van der Waals surface area contributed by atoms with Crippen molar-refractivity contribution >= 4 is 58.7 Å². The predicted molar refractivity (Wildman–Crippen MR) is 157 cm³/mol. The number of hydrogen-bond acceptors (Lipinski definition) is 14. The van der Waals surface area contributed by atoms with Gasteiger partial charge in [-0.2, -0.15) is 0 Å². The van der Waals surface area contributed by atoms with Gasteiger partial charge < -0.3 is 38.1 Å². The summed E-state index contributed by atoms with van der Waals surface area (Å²) < 4.78 is 38.7. The molecule has 1 aromatic carbocycles. The van der Waals surface area contributed by atoms with Crippen LogP contribution in [0.2, 0.25) is 0 Å². The summed E-state index contributed by atoms with van der Waals surface area (Å²) >= 11 is 5.82. The summed E-state index contributed by atoms with van der Waals surface area (Å²) in [7, 11) is 0. The lowest BCUT2D eigenvalue weighted by molar-refractivity contribution is -0.266. The zero-order valence-corrected chi connectivity index (χ0v) is 26.5. The molecule has 0 radical (unpaired) electrons. The molecule has 15 heteroatoms. The molecule has 1 saturated heterocycles. The Kier molecular flexibility index (Phi) is 11.8. The average molecular weight is 650 g/mol. The molecule has 244 valence electrons. The first-order valence-corrected chi connectivity index (χ1v) is 14.5. The van der Waals surface area contributed by atoms with Crippen molar-refractivity contribution in [2.24, 2.45) is 5.41 Å². The molecule has 45 heavy (non-hydrogen) atoms. The van der Waals surface area contributed by atoms with E-state index in [0.717, 1.165) is 27.7 Å². The number of benzene rings is 1. The Hall–Kier alpha value is -4.37. The molecule has 0 saturated carbocycles. The Morgan fingerprint density at radius 1 is 0.756 bits per heavy atom. The number of nitrogens with zero attached hydrogens (tertiary/aromatic N) is 1. The smallest absolute Gasteiger partial charge is 0.334 e. The van der Waals surface area contributed by atoms with Crippen LogP contribution in [0, 0.1) is 5.41 Å². The topological polar surface area (TPSA) is 170 Å². The fourth-order valence-electron chi connectivity index (χ4n) is 5.00. The van der Waals surface area contributed by atoms with Gasteiger partial charge in [0.05, 0.1) is 13.2 Å². The second kappa shape index (κ2) is 15.1. The van der Waals surface area contributed by atoms with Crippen LogP contribution in [0.5, 0.6) is 0 Å². The molecule has 0 unspecified atom stereocenters. The number of esters is 6. The van der Waals surface area contributed by atoms with Gasteiger partial charge in [0, 0.05) is 33.4 Å². The van der Waals surface area contributed by atoms with E-state index in [9.17, 15) is 28.8 Å². The SMILES string of the molecule is CCOC(=O)C1(C(=O)OCC)C=C(c2ccccc2)N([C@@H]2O[C@H](COC(C)=O)[C@@H](OC(C)=O)[C@H](OC(C)=O)[C@H]2OC(C)=O)C1=S. The van der Waals surface area contributed by atoms with Crippen LogP contribution in [0.25, 0.3) is 5.70 Å². The maximum atomic E-state index is 13.6. The molecular formula is C30H35NO13S. The van der Waals surface area contributed by atoms with E-state index in [1.54, 1.807) is 44.2 Å². The molecule has 1 fully saturated rings. The first-order chi connectivity index (χ1) is 21.3. The fraction of sp³-hybridized carbons (Fsp3) is 0.500. The van der Waals surface area contributed by atoms with Gasteiger partial charge in [0.2, 0.25) is 5.41 Å². The lowest BCUT2D eigenvalue weighted by Gasteiger charge is -2.48. The van der Waals surface area contributed by atoms with Gasteiger partial charge >= 0.3 is 35.8 Å². The van der Waals surface area contributed by atoms with Crippen molar-refractivity contribution in [3.05, 3.63) is 42.0 Å². The van der Waals surface area contributed by atoms with E-state index in [0.29, 0.717) is 5.56 Å². The van der Waals surface area contributed by atoms with Gasteiger partial charge in [0.1, 0.15) is 17.7 Å². The maximum Gasteiger partial charge on any atom is 0.334 e. The van der Waals surface area contributed by atoms with Crippen LogP contribution >= 0.6 is 12.2 Å². The number of thiocarbonyl (C=S) groups is 1. The highest BCUT2D eigenvalue weighted by atomic mass is 32.1. The van der Waals surface area contributed by atoms with Gasteiger partial charge in [-0.25, -0.2) is 0 Å². The summed E-state index contributed by atoms with van der Waals surface area (Å²) in [5, 5.41) is 0. The molecule has 1 aromatic rings. The second-order valence-corrected chi connectivity index (χ2v) is 10.3. The number of carbonyl (C=O) groups is 6. The van der Waals surface area contributed by atoms with Crippen LogP contribution in [-0.2, 0) is 61.9 Å². The summed E-state index contributed by atoms with van der Waals surface area (Å²) in [4.78, 5) is 76.8. The Morgan fingerprint density at radius 3 is 1.76 bits per heavy atom. The van der Waals surface area contributed by atoms with E-state index in [2.05, 4.69) is 0 Å². The molecule has 2 heterocycles. The quantitative estimate of drug-likeness (QED) is 0.147. The summed E-state index contributed by atoms with van der Waals surface area (Å²) in [6.45, 7) is 6.81. The molecule has 0 spiro atoms. The van der Waals surface area contributed by atoms with Gasteiger partial charge in [-0.1, -0.05) is 42.5 Å². The van der Waals surface area contributed by atoms with Gasteiger partial charge in [-0.3, -0.25) is 28.8 Å². The Bertz CT molecular complexity index is 1340. The predicted octanol–water partition coefficient (Wildman–Crippen LogP) is 1.87. The minimum atomic E-state index is -2.29. The van der Waals surface area contributed by atoms with Crippen LogP contribution in [0.4, 0.5) is 0 Å². The lowest BCUT2D eigenvalue weighted by atomic mass is 9.88. The zero-order valence-electron chi connectivity index (χ0n) is 25.6. The van der Waals surface area contributed by atoms with Crippen LogP contribution < -0.4 is 0 Å². The first kappa shape index (κ1) is 35.1. The monoisotopic (exact) mass is 649 g/mol. The van der Waals surface area contributed by atoms with Gasteiger partial charge in [-0.15, -0.1) is 0 Å². The normalized spacial score (nSPS) is 23.7. The van der Waals surface area contributed by atoms with E-state index in [1.807, 2.05) is 0 Å².